The van der Waals surface area contributed by atoms with Crippen LogP contribution in [0.2, 0.25) is 0 Å². The Morgan fingerprint density at radius 2 is 1.88 bits per heavy atom. The number of hydrogen-bond donors (Lipinski definition) is 1. The SMILES string of the molecule is CCCCC(C#N)(CC)S(=O)(=O)NCCC. The van der Waals surface area contributed by atoms with E-state index in [1.54, 1.807) is 6.92 Å². The normalized spacial score (nSPS) is 15.4. The Morgan fingerprint density at radius 3 is 2.25 bits per heavy atom. The van der Waals surface area contributed by atoms with Gasteiger partial charge in [0.15, 0.2) is 4.75 Å². The standard InChI is InChI=1S/C11H22N2O2S/c1-4-7-8-11(6-3,10-12)16(14,15)13-9-5-2/h13H,4-9H2,1-3H3. The maximum absolute atomic E-state index is 12.0. The lowest BCUT2D eigenvalue weighted by atomic mass is 10.0. The van der Waals surface area contributed by atoms with Crippen LogP contribution in [0, 0.1) is 11.3 Å². The number of hydrogen-bond acceptors (Lipinski definition) is 3. The summed E-state index contributed by atoms with van der Waals surface area (Å²) >= 11 is 0. The van der Waals surface area contributed by atoms with Crippen LogP contribution in [0.3, 0.4) is 0 Å². The largest absolute Gasteiger partial charge is 0.230 e. The zero-order valence-corrected chi connectivity index (χ0v) is 11.2. The molecule has 16 heavy (non-hydrogen) atoms. The highest BCUT2D eigenvalue weighted by atomic mass is 32.2. The second-order valence-corrected chi connectivity index (χ2v) is 6.04. The van der Waals surface area contributed by atoms with Crippen molar-refractivity contribution >= 4 is 10.0 Å². The molecule has 1 unspecified atom stereocenters. The lowest BCUT2D eigenvalue weighted by Gasteiger charge is -2.25. The molecule has 0 aromatic carbocycles. The van der Waals surface area contributed by atoms with E-state index in [4.69, 9.17) is 5.26 Å². The summed E-state index contributed by atoms with van der Waals surface area (Å²) in [5, 5.41) is 9.17. The number of sulfonamides is 1. The molecule has 0 heterocycles. The van der Waals surface area contributed by atoms with E-state index in [-0.39, 0.29) is 0 Å². The number of nitrogens with one attached hydrogen (secondary N) is 1. The van der Waals surface area contributed by atoms with Gasteiger partial charge in [-0.05, 0) is 19.3 Å². The molecule has 5 heteroatoms. The van der Waals surface area contributed by atoms with Gasteiger partial charge >= 0.3 is 0 Å². The third kappa shape index (κ3) is 3.46. The summed E-state index contributed by atoms with van der Waals surface area (Å²) in [6.07, 6.45) is 3.14. The van der Waals surface area contributed by atoms with Crippen molar-refractivity contribution in [1.82, 2.24) is 4.72 Å². The van der Waals surface area contributed by atoms with Gasteiger partial charge in [-0.1, -0.05) is 33.6 Å². The molecule has 94 valence electrons. The van der Waals surface area contributed by atoms with Crippen molar-refractivity contribution in [2.75, 3.05) is 6.54 Å². The summed E-state index contributed by atoms with van der Waals surface area (Å²) < 4.78 is 25.4. The summed E-state index contributed by atoms with van der Waals surface area (Å²) in [5.74, 6) is 0. The highest BCUT2D eigenvalue weighted by Crippen LogP contribution is 2.26. The minimum Gasteiger partial charge on any atom is -0.214 e. The molecule has 4 nitrogen and oxygen atoms in total. The quantitative estimate of drug-likeness (QED) is 0.713. The van der Waals surface area contributed by atoms with E-state index in [0.29, 0.717) is 19.4 Å². The summed E-state index contributed by atoms with van der Waals surface area (Å²) in [7, 11) is -3.53. The Kier molecular flexibility index (Phi) is 6.61. The minimum absolute atomic E-state index is 0.336. The maximum Gasteiger partial charge on any atom is 0.230 e. The van der Waals surface area contributed by atoms with Crippen molar-refractivity contribution in [1.29, 1.82) is 5.26 Å². The fourth-order valence-corrected chi connectivity index (χ4v) is 3.20. The fourth-order valence-electron chi connectivity index (χ4n) is 1.53. The van der Waals surface area contributed by atoms with Gasteiger partial charge in [-0.25, -0.2) is 13.1 Å². The molecule has 0 aromatic rings. The summed E-state index contributed by atoms with van der Waals surface area (Å²) in [5.41, 5.74) is 0. The molecular formula is C11H22N2O2S. The van der Waals surface area contributed by atoms with Crippen LogP contribution >= 0.6 is 0 Å². The summed E-state index contributed by atoms with van der Waals surface area (Å²) in [6, 6.07) is 2.00. The molecular weight excluding hydrogens is 224 g/mol. The van der Waals surface area contributed by atoms with Crippen molar-refractivity contribution < 1.29 is 8.42 Å². The van der Waals surface area contributed by atoms with E-state index < -0.39 is 14.8 Å². The van der Waals surface area contributed by atoms with Gasteiger partial charge in [0.25, 0.3) is 0 Å². The second kappa shape index (κ2) is 6.87. The summed E-state index contributed by atoms with van der Waals surface area (Å²) in [6.45, 7) is 6.04. The average molecular weight is 246 g/mol. The molecule has 0 aromatic heterocycles. The van der Waals surface area contributed by atoms with Crippen LogP contribution in [-0.2, 0) is 10.0 Å². The van der Waals surface area contributed by atoms with E-state index in [2.05, 4.69) is 4.72 Å². The first-order chi connectivity index (χ1) is 7.49. The number of nitrogens with zero attached hydrogens (tertiary/aromatic N) is 1. The first kappa shape index (κ1) is 15.4. The van der Waals surface area contributed by atoms with Crippen molar-refractivity contribution in [2.24, 2.45) is 0 Å². The van der Waals surface area contributed by atoms with E-state index in [9.17, 15) is 8.42 Å². The van der Waals surface area contributed by atoms with Gasteiger partial charge in [-0.15, -0.1) is 0 Å². The van der Waals surface area contributed by atoms with Gasteiger partial charge in [0.2, 0.25) is 10.0 Å². The van der Waals surface area contributed by atoms with E-state index in [1.807, 2.05) is 19.9 Å². The molecule has 0 bridgehead atoms. The van der Waals surface area contributed by atoms with E-state index in [0.717, 1.165) is 19.3 Å². The first-order valence-electron chi connectivity index (χ1n) is 5.90. The molecule has 0 radical (unpaired) electrons. The monoisotopic (exact) mass is 246 g/mol. The van der Waals surface area contributed by atoms with Gasteiger partial charge in [-0.2, -0.15) is 5.26 Å². The van der Waals surface area contributed by atoms with Crippen LogP contribution in [-0.4, -0.2) is 19.7 Å². The van der Waals surface area contributed by atoms with Crippen LogP contribution in [0.4, 0.5) is 0 Å². The molecule has 0 fully saturated rings. The molecule has 0 aliphatic heterocycles. The molecule has 0 saturated carbocycles. The lowest BCUT2D eigenvalue weighted by molar-refractivity contribution is 0.504. The molecule has 0 amide bonds. The molecule has 0 spiro atoms. The third-order valence-electron chi connectivity index (χ3n) is 2.77. The molecule has 0 rings (SSSR count). The van der Waals surface area contributed by atoms with Gasteiger partial charge in [0, 0.05) is 6.54 Å². The van der Waals surface area contributed by atoms with E-state index in [1.165, 1.54) is 0 Å². The minimum atomic E-state index is -3.53. The van der Waals surface area contributed by atoms with E-state index >= 15 is 0 Å². The number of rotatable bonds is 8. The van der Waals surface area contributed by atoms with Crippen molar-refractivity contribution in [3.05, 3.63) is 0 Å². The highest BCUT2D eigenvalue weighted by molar-refractivity contribution is 7.91. The fraction of sp³-hybridized carbons (Fsp3) is 0.909. The Bertz CT molecular complexity index is 332. The van der Waals surface area contributed by atoms with Crippen LogP contribution < -0.4 is 4.72 Å². The predicted octanol–water partition coefficient (Wildman–Crippen LogP) is 2.18. The number of unbranched alkanes of at least 4 members (excludes halogenated alkanes) is 1. The molecule has 0 aliphatic carbocycles. The lowest BCUT2D eigenvalue weighted by Crippen LogP contribution is -2.45. The van der Waals surface area contributed by atoms with Gasteiger partial charge < -0.3 is 0 Å². The molecule has 1 atom stereocenters. The zero-order chi connectivity index (χ0) is 12.7. The maximum atomic E-state index is 12.0. The van der Waals surface area contributed by atoms with Crippen molar-refractivity contribution in [2.45, 2.75) is 57.6 Å². The zero-order valence-electron chi connectivity index (χ0n) is 10.4. The predicted molar refractivity (Wildman–Crippen MR) is 65.4 cm³/mol. The Hall–Kier alpha value is -0.600. The molecule has 0 aliphatic rings. The highest BCUT2D eigenvalue weighted by Gasteiger charge is 2.41. The van der Waals surface area contributed by atoms with Crippen molar-refractivity contribution in [3.8, 4) is 6.07 Å². The Balaban J connectivity index is 4.95. The number of nitriles is 1. The second-order valence-electron chi connectivity index (χ2n) is 3.96. The van der Waals surface area contributed by atoms with Gasteiger partial charge in [0.05, 0.1) is 6.07 Å². The third-order valence-corrected chi connectivity index (χ3v) is 4.96. The van der Waals surface area contributed by atoms with Crippen LogP contribution in [0.25, 0.3) is 0 Å². The Labute approximate surface area is 99.1 Å². The van der Waals surface area contributed by atoms with Crippen molar-refractivity contribution in [3.63, 3.8) is 0 Å². The average Bonchev–Trinajstić information content (AvgIpc) is 2.28. The van der Waals surface area contributed by atoms with Crippen LogP contribution in [0.15, 0.2) is 0 Å². The van der Waals surface area contributed by atoms with Crippen LogP contribution in [0.5, 0.6) is 0 Å². The smallest absolute Gasteiger partial charge is 0.214 e. The topological polar surface area (TPSA) is 70.0 Å². The molecule has 1 N–H and O–H groups in total. The van der Waals surface area contributed by atoms with Gasteiger partial charge in [-0.3, -0.25) is 0 Å². The van der Waals surface area contributed by atoms with Crippen LogP contribution in [0.1, 0.15) is 52.9 Å². The van der Waals surface area contributed by atoms with Gasteiger partial charge in [0.1, 0.15) is 0 Å². The summed E-state index contributed by atoms with van der Waals surface area (Å²) in [4.78, 5) is 0. The first-order valence-corrected chi connectivity index (χ1v) is 7.38. The Morgan fingerprint density at radius 1 is 1.25 bits per heavy atom. The molecule has 0 saturated heterocycles.